The first-order valence-corrected chi connectivity index (χ1v) is 7.84. The number of amides is 4. The predicted molar refractivity (Wildman–Crippen MR) is 89.2 cm³/mol. The van der Waals surface area contributed by atoms with E-state index in [2.05, 4.69) is 5.32 Å². The molecule has 0 radical (unpaired) electrons. The maximum atomic E-state index is 12.7. The van der Waals surface area contributed by atoms with Crippen molar-refractivity contribution in [2.45, 2.75) is 57.0 Å². The summed E-state index contributed by atoms with van der Waals surface area (Å²) in [5, 5.41) is 2.75. The van der Waals surface area contributed by atoms with Gasteiger partial charge in [-0.3, -0.25) is 14.5 Å². The van der Waals surface area contributed by atoms with Gasteiger partial charge >= 0.3 is 6.03 Å². The first-order chi connectivity index (χ1) is 10.2. The summed E-state index contributed by atoms with van der Waals surface area (Å²) in [7, 11) is 1.66. The van der Waals surface area contributed by atoms with Gasteiger partial charge in [0.15, 0.2) is 0 Å². The van der Waals surface area contributed by atoms with E-state index >= 15 is 0 Å². The van der Waals surface area contributed by atoms with Crippen molar-refractivity contribution in [3.05, 3.63) is 0 Å². The lowest BCUT2D eigenvalue weighted by molar-refractivity contribution is -0.137. The molecule has 7 nitrogen and oxygen atoms in total. The summed E-state index contributed by atoms with van der Waals surface area (Å²) in [6.07, 6.45) is 4.32. The second-order valence-electron chi connectivity index (χ2n) is 6.96. The van der Waals surface area contributed by atoms with Gasteiger partial charge in [0.05, 0.1) is 0 Å². The molecule has 0 unspecified atom stereocenters. The van der Waals surface area contributed by atoms with Gasteiger partial charge in [-0.2, -0.15) is 0 Å². The number of nitrogens with zero attached hydrogens (tertiary/aromatic N) is 2. The third-order valence-corrected chi connectivity index (χ3v) is 4.77. The molecule has 2 aliphatic rings. The Morgan fingerprint density at radius 1 is 1.26 bits per heavy atom. The molecule has 1 heterocycles. The summed E-state index contributed by atoms with van der Waals surface area (Å²) in [5.74, 6) is -0.598. The lowest BCUT2D eigenvalue weighted by atomic mass is 9.81. The van der Waals surface area contributed by atoms with Crippen molar-refractivity contribution in [1.82, 2.24) is 15.1 Å². The van der Waals surface area contributed by atoms with Gasteiger partial charge in [0, 0.05) is 19.1 Å². The minimum absolute atomic E-state index is 0. The summed E-state index contributed by atoms with van der Waals surface area (Å²) in [6.45, 7) is 3.64. The highest BCUT2D eigenvalue weighted by Crippen LogP contribution is 2.39. The third-order valence-electron chi connectivity index (χ3n) is 4.77. The Labute approximate surface area is 143 Å². The molecule has 0 atom stereocenters. The number of halogens is 1. The number of carbonyl (C=O) groups is 3. The second kappa shape index (κ2) is 7.05. The maximum Gasteiger partial charge on any atom is 0.327 e. The minimum Gasteiger partial charge on any atom is -0.348 e. The van der Waals surface area contributed by atoms with Gasteiger partial charge in [0.25, 0.3) is 5.91 Å². The van der Waals surface area contributed by atoms with E-state index in [4.69, 9.17) is 5.73 Å². The van der Waals surface area contributed by atoms with Crippen LogP contribution in [0, 0.1) is 0 Å². The zero-order valence-electron chi connectivity index (χ0n) is 14.1. The molecule has 2 fully saturated rings. The molecule has 4 amide bonds. The van der Waals surface area contributed by atoms with Gasteiger partial charge in [0.1, 0.15) is 12.1 Å². The number of carbonyl (C=O) groups excluding carboxylic acids is 3. The Morgan fingerprint density at radius 3 is 2.35 bits per heavy atom. The van der Waals surface area contributed by atoms with E-state index in [9.17, 15) is 14.4 Å². The molecule has 0 aromatic heterocycles. The van der Waals surface area contributed by atoms with Crippen molar-refractivity contribution in [3.8, 4) is 0 Å². The Kier molecular flexibility index (Phi) is 6.04. The number of urea groups is 1. The molecule has 1 aliphatic heterocycles. The van der Waals surface area contributed by atoms with Gasteiger partial charge < -0.3 is 16.0 Å². The monoisotopic (exact) mass is 346 g/mol. The molecule has 0 bridgehead atoms. The van der Waals surface area contributed by atoms with Crippen LogP contribution >= 0.6 is 12.4 Å². The summed E-state index contributed by atoms with van der Waals surface area (Å²) in [5.41, 5.74) is 4.29. The van der Waals surface area contributed by atoms with Crippen LogP contribution in [0.2, 0.25) is 0 Å². The number of nitrogens with two attached hydrogens (primary N) is 1. The van der Waals surface area contributed by atoms with Gasteiger partial charge in [0.2, 0.25) is 5.91 Å². The molecular formula is C15H27ClN4O3. The Bertz CT molecular complexity index is 489. The van der Waals surface area contributed by atoms with Crippen LogP contribution in [0.5, 0.6) is 0 Å². The number of hydrogen-bond acceptors (Lipinski definition) is 4. The number of hydrogen-bond donors (Lipinski definition) is 2. The lowest BCUT2D eigenvalue weighted by Gasteiger charge is -2.35. The SMILES string of the molecule is CN1C(=O)N(CC(=O)NC(C)(C)CN)C(=O)C12CCCCC2.Cl. The van der Waals surface area contributed by atoms with Crippen LogP contribution in [0.15, 0.2) is 0 Å². The van der Waals surface area contributed by atoms with Crippen LogP contribution in [0.1, 0.15) is 46.0 Å². The molecule has 23 heavy (non-hydrogen) atoms. The topological polar surface area (TPSA) is 95.7 Å². The van der Waals surface area contributed by atoms with E-state index in [1.807, 2.05) is 0 Å². The fourth-order valence-electron chi connectivity index (χ4n) is 3.28. The average molecular weight is 347 g/mol. The third kappa shape index (κ3) is 3.61. The quantitative estimate of drug-likeness (QED) is 0.738. The number of imide groups is 1. The summed E-state index contributed by atoms with van der Waals surface area (Å²) in [4.78, 5) is 39.8. The van der Waals surface area contributed by atoms with E-state index in [1.165, 1.54) is 4.90 Å². The van der Waals surface area contributed by atoms with Gasteiger partial charge in [-0.15, -0.1) is 12.4 Å². The number of nitrogens with one attached hydrogen (secondary N) is 1. The molecule has 132 valence electrons. The molecule has 1 spiro atoms. The van der Waals surface area contributed by atoms with Crippen molar-refractivity contribution >= 4 is 30.3 Å². The van der Waals surface area contributed by atoms with Crippen molar-refractivity contribution in [3.63, 3.8) is 0 Å². The van der Waals surface area contributed by atoms with E-state index in [-0.39, 0.29) is 43.3 Å². The van der Waals surface area contributed by atoms with Crippen LogP contribution in [0.25, 0.3) is 0 Å². The highest BCUT2D eigenvalue weighted by Gasteiger charge is 2.55. The van der Waals surface area contributed by atoms with E-state index < -0.39 is 11.1 Å². The van der Waals surface area contributed by atoms with Crippen molar-refractivity contribution < 1.29 is 14.4 Å². The molecule has 0 aromatic carbocycles. The van der Waals surface area contributed by atoms with E-state index in [0.717, 1.165) is 24.2 Å². The zero-order chi connectivity index (χ0) is 16.5. The van der Waals surface area contributed by atoms with E-state index in [0.29, 0.717) is 12.8 Å². The molecule has 0 aromatic rings. The summed E-state index contributed by atoms with van der Waals surface area (Å²) in [6, 6.07) is -0.382. The smallest absolute Gasteiger partial charge is 0.327 e. The van der Waals surface area contributed by atoms with Crippen molar-refractivity contribution in [1.29, 1.82) is 0 Å². The lowest BCUT2D eigenvalue weighted by Crippen LogP contribution is -2.53. The van der Waals surface area contributed by atoms with Crippen LogP contribution in [0.3, 0.4) is 0 Å². The van der Waals surface area contributed by atoms with Gasteiger partial charge in [-0.05, 0) is 26.7 Å². The molecule has 1 aliphatic carbocycles. The van der Waals surface area contributed by atoms with Crippen molar-refractivity contribution in [2.75, 3.05) is 20.1 Å². The fraction of sp³-hybridized carbons (Fsp3) is 0.800. The number of rotatable bonds is 4. The molecule has 3 N–H and O–H groups in total. The van der Waals surface area contributed by atoms with Gasteiger partial charge in [-0.25, -0.2) is 4.79 Å². The maximum absolute atomic E-state index is 12.7. The average Bonchev–Trinajstić information content (AvgIpc) is 2.64. The van der Waals surface area contributed by atoms with Crippen LogP contribution in [-0.4, -0.2) is 58.9 Å². The van der Waals surface area contributed by atoms with Crippen LogP contribution in [-0.2, 0) is 9.59 Å². The first kappa shape index (κ1) is 19.7. The Balaban J connectivity index is 0.00000264. The van der Waals surface area contributed by atoms with Crippen LogP contribution < -0.4 is 11.1 Å². The first-order valence-electron chi connectivity index (χ1n) is 7.84. The molecule has 2 rings (SSSR count). The normalized spacial score (nSPS) is 20.7. The predicted octanol–water partition coefficient (Wildman–Crippen LogP) is 0.859. The van der Waals surface area contributed by atoms with Crippen LogP contribution in [0.4, 0.5) is 4.79 Å². The fourth-order valence-corrected chi connectivity index (χ4v) is 3.28. The highest BCUT2D eigenvalue weighted by atomic mass is 35.5. The molecule has 8 heteroatoms. The zero-order valence-corrected chi connectivity index (χ0v) is 14.9. The number of likely N-dealkylation sites (N-methyl/N-ethyl adjacent to an activating group) is 1. The summed E-state index contributed by atoms with van der Waals surface area (Å²) >= 11 is 0. The Morgan fingerprint density at radius 2 is 1.83 bits per heavy atom. The minimum atomic E-state index is -0.737. The second-order valence-corrected chi connectivity index (χ2v) is 6.96. The molecular weight excluding hydrogens is 320 g/mol. The molecule has 1 saturated heterocycles. The molecule has 1 saturated carbocycles. The summed E-state index contributed by atoms with van der Waals surface area (Å²) < 4.78 is 0. The standard InChI is InChI=1S/C15H26N4O3.ClH/c1-14(2,10-16)17-11(20)9-19-12(21)15(18(3)13(19)22)7-5-4-6-8-15;/h4-10,16H2,1-3H3,(H,17,20);1H. The largest absolute Gasteiger partial charge is 0.348 e. The highest BCUT2D eigenvalue weighted by molar-refractivity contribution is 6.09. The van der Waals surface area contributed by atoms with Crippen molar-refractivity contribution in [2.24, 2.45) is 5.73 Å². The van der Waals surface area contributed by atoms with Gasteiger partial charge in [-0.1, -0.05) is 19.3 Å². The van der Waals surface area contributed by atoms with E-state index in [1.54, 1.807) is 20.9 Å². The Hall–Kier alpha value is -1.34.